The van der Waals surface area contributed by atoms with Gasteiger partial charge in [0.2, 0.25) is 0 Å². The third kappa shape index (κ3) is 2.96. The van der Waals surface area contributed by atoms with Gasteiger partial charge >= 0.3 is 0 Å². The van der Waals surface area contributed by atoms with Gasteiger partial charge in [-0.05, 0) is 13.0 Å². The van der Waals surface area contributed by atoms with Gasteiger partial charge in [0.25, 0.3) is 14.7 Å². The molecule has 0 N–H and O–H groups in total. The first-order valence-electron chi connectivity index (χ1n) is 4.66. The van der Waals surface area contributed by atoms with Crippen molar-refractivity contribution in [2.45, 2.75) is 11.8 Å². The number of nitro groups is 1. The summed E-state index contributed by atoms with van der Waals surface area (Å²) in [6, 6.07) is 1.68. The fourth-order valence-corrected chi connectivity index (χ4v) is 2.25. The van der Waals surface area contributed by atoms with E-state index >= 15 is 0 Å². The molecule has 98 valence electrons. The van der Waals surface area contributed by atoms with Gasteiger partial charge in [0, 0.05) is 16.7 Å². The first-order valence-corrected chi connectivity index (χ1v) is 6.97. The molecule has 0 aromatic heterocycles. The average Bonchev–Trinajstić information content (AvgIpc) is 2.26. The molecule has 0 radical (unpaired) electrons. The van der Waals surface area contributed by atoms with Crippen molar-refractivity contribution in [1.82, 2.24) is 0 Å². The summed E-state index contributed by atoms with van der Waals surface area (Å²) in [5.74, 6) is -0.194. The molecule has 0 amide bonds. The Bertz CT molecular complexity index is 597. The molecule has 1 aromatic carbocycles. The number of carbonyl (C=O) groups excluding carboxylic acids is 1. The predicted molar refractivity (Wildman–Crippen MR) is 62.7 cm³/mol. The molecular weight excluding hydrogens is 286 g/mol. The van der Waals surface area contributed by atoms with Gasteiger partial charge in [-0.3, -0.25) is 14.9 Å². The Labute approximate surface area is 107 Å². The van der Waals surface area contributed by atoms with Crippen LogP contribution in [0.2, 0.25) is 0 Å². The summed E-state index contributed by atoms with van der Waals surface area (Å²) >= 11 is 0. The minimum Gasteiger partial charge on any atom is -0.492 e. The SMILES string of the molecule is CCOc1cc(C=O)c([N+](=O)[O-])cc1S(=O)(=O)Cl. The third-order valence-electron chi connectivity index (χ3n) is 1.98. The van der Waals surface area contributed by atoms with E-state index in [0.29, 0.717) is 6.07 Å². The highest BCUT2D eigenvalue weighted by Gasteiger charge is 2.25. The van der Waals surface area contributed by atoms with E-state index in [-0.39, 0.29) is 24.2 Å². The monoisotopic (exact) mass is 293 g/mol. The van der Waals surface area contributed by atoms with E-state index in [4.69, 9.17) is 15.4 Å². The van der Waals surface area contributed by atoms with Gasteiger partial charge in [-0.25, -0.2) is 8.42 Å². The summed E-state index contributed by atoms with van der Waals surface area (Å²) in [6.45, 7) is 1.71. The molecular formula is C9H8ClNO6S. The van der Waals surface area contributed by atoms with Crippen LogP contribution in [0.1, 0.15) is 17.3 Å². The summed E-state index contributed by atoms with van der Waals surface area (Å²) in [4.78, 5) is 20.0. The Morgan fingerprint density at radius 3 is 2.50 bits per heavy atom. The molecule has 0 aliphatic heterocycles. The first-order chi connectivity index (χ1) is 8.31. The minimum atomic E-state index is -4.21. The lowest BCUT2D eigenvalue weighted by molar-refractivity contribution is -0.385. The molecule has 0 atom stereocenters. The lowest BCUT2D eigenvalue weighted by Crippen LogP contribution is -2.03. The van der Waals surface area contributed by atoms with Crippen LogP contribution in [0, 0.1) is 10.1 Å². The molecule has 18 heavy (non-hydrogen) atoms. The van der Waals surface area contributed by atoms with Crippen molar-refractivity contribution >= 4 is 31.7 Å². The second-order valence-electron chi connectivity index (χ2n) is 3.10. The van der Waals surface area contributed by atoms with Crippen LogP contribution in [0.3, 0.4) is 0 Å². The second kappa shape index (κ2) is 5.32. The molecule has 0 fully saturated rings. The molecule has 0 aliphatic rings. The van der Waals surface area contributed by atoms with Gasteiger partial charge in [0.1, 0.15) is 10.6 Å². The minimum absolute atomic E-state index is 0.121. The molecule has 0 bridgehead atoms. The third-order valence-corrected chi connectivity index (χ3v) is 3.32. The van der Waals surface area contributed by atoms with Crippen molar-refractivity contribution in [3.8, 4) is 5.75 Å². The number of hydrogen-bond donors (Lipinski definition) is 0. The van der Waals surface area contributed by atoms with Crippen LogP contribution >= 0.6 is 10.7 Å². The highest BCUT2D eigenvalue weighted by Crippen LogP contribution is 2.33. The van der Waals surface area contributed by atoms with E-state index in [1.54, 1.807) is 6.92 Å². The summed E-state index contributed by atoms with van der Waals surface area (Å²) < 4.78 is 27.6. The van der Waals surface area contributed by atoms with Crippen LogP contribution in [-0.4, -0.2) is 26.2 Å². The Hall–Kier alpha value is -1.67. The lowest BCUT2D eigenvalue weighted by atomic mass is 10.2. The zero-order chi connectivity index (χ0) is 13.9. The van der Waals surface area contributed by atoms with Gasteiger partial charge in [-0.1, -0.05) is 0 Å². The molecule has 1 rings (SSSR count). The molecule has 0 unspecified atom stereocenters. The largest absolute Gasteiger partial charge is 0.492 e. The fourth-order valence-electron chi connectivity index (χ4n) is 1.28. The topological polar surface area (TPSA) is 104 Å². The molecule has 1 aromatic rings. The van der Waals surface area contributed by atoms with E-state index in [2.05, 4.69) is 0 Å². The molecule has 9 heteroatoms. The number of ether oxygens (including phenoxy) is 1. The summed E-state index contributed by atoms with van der Waals surface area (Å²) in [7, 11) is 0.943. The molecule has 0 saturated carbocycles. The van der Waals surface area contributed by atoms with E-state index < -0.39 is 24.6 Å². The molecule has 0 saturated heterocycles. The maximum atomic E-state index is 11.3. The number of rotatable bonds is 5. The first kappa shape index (κ1) is 14.4. The Morgan fingerprint density at radius 1 is 1.50 bits per heavy atom. The maximum Gasteiger partial charge on any atom is 0.281 e. The molecule has 0 spiro atoms. The van der Waals surface area contributed by atoms with E-state index in [9.17, 15) is 23.3 Å². The zero-order valence-corrected chi connectivity index (χ0v) is 10.7. The number of benzene rings is 1. The Morgan fingerprint density at radius 2 is 2.11 bits per heavy atom. The number of hydrogen-bond acceptors (Lipinski definition) is 6. The van der Waals surface area contributed by atoms with Crippen molar-refractivity contribution < 1.29 is 22.9 Å². The normalized spacial score (nSPS) is 11.0. The number of carbonyl (C=O) groups is 1. The standard InChI is InChI=1S/C9H8ClNO6S/c1-2-17-8-3-6(5-12)7(11(13)14)4-9(8)18(10,15)16/h3-5H,2H2,1H3. The van der Waals surface area contributed by atoms with Crippen molar-refractivity contribution in [1.29, 1.82) is 0 Å². The molecule has 0 heterocycles. The van der Waals surface area contributed by atoms with Crippen LogP contribution in [0.25, 0.3) is 0 Å². The number of aldehydes is 1. The van der Waals surface area contributed by atoms with Crippen molar-refractivity contribution in [2.75, 3.05) is 6.61 Å². The average molecular weight is 294 g/mol. The van der Waals surface area contributed by atoms with Crippen LogP contribution in [0.4, 0.5) is 5.69 Å². The summed E-state index contributed by atoms with van der Waals surface area (Å²) in [6.07, 6.45) is 0.241. The van der Waals surface area contributed by atoms with Crippen molar-refractivity contribution in [3.05, 3.63) is 27.8 Å². The van der Waals surface area contributed by atoms with Crippen LogP contribution < -0.4 is 4.74 Å². The van der Waals surface area contributed by atoms with Crippen molar-refractivity contribution in [3.63, 3.8) is 0 Å². The predicted octanol–water partition coefficient (Wildman–Crippen LogP) is 1.73. The van der Waals surface area contributed by atoms with Gasteiger partial charge in [0.15, 0.2) is 6.29 Å². The van der Waals surface area contributed by atoms with Crippen LogP contribution in [0.5, 0.6) is 5.75 Å². The highest BCUT2D eigenvalue weighted by molar-refractivity contribution is 8.13. The van der Waals surface area contributed by atoms with Crippen LogP contribution in [-0.2, 0) is 9.05 Å². The fraction of sp³-hybridized carbons (Fsp3) is 0.222. The summed E-state index contributed by atoms with van der Waals surface area (Å²) in [5.41, 5.74) is -0.930. The van der Waals surface area contributed by atoms with E-state index in [0.717, 1.165) is 6.07 Å². The van der Waals surface area contributed by atoms with Crippen molar-refractivity contribution in [2.24, 2.45) is 0 Å². The lowest BCUT2D eigenvalue weighted by Gasteiger charge is -2.08. The Kier molecular flexibility index (Phi) is 4.25. The number of halogens is 1. The highest BCUT2D eigenvalue weighted by atomic mass is 35.7. The zero-order valence-electron chi connectivity index (χ0n) is 9.12. The van der Waals surface area contributed by atoms with Gasteiger partial charge < -0.3 is 4.74 Å². The number of nitrogens with zero attached hydrogens (tertiary/aromatic N) is 1. The second-order valence-corrected chi connectivity index (χ2v) is 5.64. The van der Waals surface area contributed by atoms with Gasteiger partial charge in [0.05, 0.1) is 17.1 Å². The van der Waals surface area contributed by atoms with Gasteiger partial charge in [-0.15, -0.1) is 0 Å². The molecule has 0 aliphatic carbocycles. The molecule has 7 nitrogen and oxygen atoms in total. The van der Waals surface area contributed by atoms with Crippen LogP contribution in [0.15, 0.2) is 17.0 Å². The summed E-state index contributed by atoms with van der Waals surface area (Å²) in [5, 5.41) is 10.7. The maximum absolute atomic E-state index is 11.3. The Balaban J connectivity index is 3.63. The quantitative estimate of drug-likeness (QED) is 0.354. The van der Waals surface area contributed by atoms with Gasteiger partial charge in [-0.2, -0.15) is 0 Å². The smallest absolute Gasteiger partial charge is 0.281 e. The van der Waals surface area contributed by atoms with E-state index in [1.807, 2.05) is 0 Å². The van der Waals surface area contributed by atoms with E-state index in [1.165, 1.54) is 0 Å². The number of nitro benzene ring substituents is 1.